The van der Waals surface area contributed by atoms with E-state index in [4.69, 9.17) is 10.8 Å². The number of anilines is 1. The van der Waals surface area contributed by atoms with Gasteiger partial charge in [-0.3, -0.25) is 20.4 Å². The maximum Gasteiger partial charge on any atom is 0.360 e. The molecule has 0 radical (unpaired) electrons. The number of halogens is 1. The molecule has 1 heterocycles. The van der Waals surface area contributed by atoms with Gasteiger partial charge in [0.05, 0.1) is 0 Å². The van der Waals surface area contributed by atoms with Crippen LogP contribution in [0.4, 0.5) is 5.13 Å². The molecule has 0 spiro atoms. The van der Waals surface area contributed by atoms with Crippen molar-refractivity contribution in [3.8, 4) is 11.5 Å². The Hall–Kier alpha value is -3.58. The van der Waals surface area contributed by atoms with Crippen molar-refractivity contribution in [2.24, 2.45) is 5.16 Å². The predicted octanol–water partition coefficient (Wildman–Crippen LogP) is -0.175. The molecule has 0 bridgehead atoms. The van der Waals surface area contributed by atoms with Gasteiger partial charge in [-0.05, 0) is 18.2 Å². The number of rotatable bonds is 6. The number of carbonyl (C=O) groups is 3. The first-order valence-electron chi connectivity index (χ1n) is 7.03. The number of aromatic hydroxyl groups is 2. The number of aromatic nitrogens is 1. The zero-order valence-corrected chi connectivity index (χ0v) is 15.4. The van der Waals surface area contributed by atoms with Crippen molar-refractivity contribution in [3.63, 3.8) is 0 Å². The zero-order chi connectivity index (χ0) is 20.0. The number of carboxylic acids is 1. The van der Waals surface area contributed by atoms with Gasteiger partial charge in [-0.25, -0.2) is 9.78 Å². The number of benzene rings is 1. The number of phenols is 2. The van der Waals surface area contributed by atoms with Crippen molar-refractivity contribution >= 4 is 52.4 Å². The number of phenolic OH excluding ortho intramolecular Hbond substituents is 2. The van der Waals surface area contributed by atoms with Crippen LogP contribution in [-0.2, 0) is 14.4 Å². The summed E-state index contributed by atoms with van der Waals surface area (Å²) in [5.74, 6) is -3.95. The monoisotopic (exact) mass is 431 g/mol. The quantitative estimate of drug-likeness (QED) is 0.204. The van der Waals surface area contributed by atoms with Gasteiger partial charge in [-0.2, -0.15) is 0 Å². The number of nitrogen functional groups attached to an aromatic ring is 1. The lowest BCUT2D eigenvalue weighted by Crippen LogP contribution is -2.43. The molecule has 0 saturated carbocycles. The number of hydrogen-bond donors (Lipinski definition) is 6. The Balaban J connectivity index is 0.00000392. The van der Waals surface area contributed by atoms with Crippen molar-refractivity contribution in [2.75, 3.05) is 12.3 Å². The normalized spacial score (nSPS) is 10.5. The highest BCUT2D eigenvalue weighted by atomic mass is 35.5. The maximum atomic E-state index is 11.8. The topological polar surface area (TPSA) is 196 Å². The Morgan fingerprint density at radius 2 is 1.93 bits per heavy atom. The van der Waals surface area contributed by atoms with Gasteiger partial charge in [0.25, 0.3) is 11.8 Å². The first kappa shape index (κ1) is 22.5. The molecular formula is C14H14ClN5O7S. The second kappa shape index (κ2) is 9.94. The molecule has 1 aromatic carbocycles. The van der Waals surface area contributed by atoms with E-state index < -0.39 is 41.6 Å². The lowest BCUT2D eigenvalue weighted by molar-refractivity contribution is -0.130. The predicted molar refractivity (Wildman–Crippen MR) is 99.3 cm³/mol. The lowest BCUT2D eigenvalue weighted by atomic mass is 10.2. The Kier molecular flexibility index (Phi) is 7.97. The molecule has 7 N–H and O–H groups in total. The van der Waals surface area contributed by atoms with E-state index in [1.807, 2.05) is 10.9 Å². The molecule has 0 atom stereocenters. The number of oxime groups is 1. The van der Waals surface area contributed by atoms with Gasteiger partial charge in [0.2, 0.25) is 5.71 Å². The van der Waals surface area contributed by atoms with E-state index in [-0.39, 0.29) is 28.8 Å². The van der Waals surface area contributed by atoms with Crippen molar-refractivity contribution in [2.45, 2.75) is 0 Å². The summed E-state index contributed by atoms with van der Waals surface area (Å²) in [5.41, 5.74) is 8.86. The Morgan fingerprint density at radius 3 is 2.50 bits per heavy atom. The molecule has 0 aliphatic heterocycles. The summed E-state index contributed by atoms with van der Waals surface area (Å²) in [6.07, 6.45) is 0. The van der Waals surface area contributed by atoms with E-state index in [2.05, 4.69) is 15.0 Å². The second-order valence-electron chi connectivity index (χ2n) is 4.80. The molecule has 150 valence electrons. The zero-order valence-electron chi connectivity index (χ0n) is 13.8. The van der Waals surface area contributed by atoms with Crippen LogP contribution in [0.1, 0.15) is 16.1 Å². The Labute approximate surface area is 167 Å². The van der Waals surface area contributed by atoms with E-state index in [9.17, 15) is 24.6 Å². The van der Waals surface area contributed by atoms with E-state index in [1.54, 1.807) is 0 Å². The fourth-order valence-corrected chi connectivity index (χ4v) is 2.19. The first-order chi connectivity index (χ1) is 12.8. The van der Waals surface area contributed by atoms with Crippen LogP contribution >= 0.6 is 23.7 Å². The van der Waals surface area contributed by atoms with Gasteiger partial charge >= 0.3 is 5.97 Å². The van der Waals surface area contributed by atoms with Crippen LogP contribution in [0.15, 0.2) is 28.7 Å². The number of hydrazine groups is 1. The molecule has 0 aliphatic carbocycles. The second-order valence-corrected chi connectivity index (χ2v) is 5.68. The molecule has 0 saturated heterocycles. The fraction of sp³-hybridized carbons (Fsp3) is 0.0714. The number of carbonyl (C=O) groups excluding carboxylic acids is 2. The molecule has 2 amide bonds. The highest BCUT2D eigenvalue weighted by Gasteiger charge is 2.17. The van der Waals surface area contributed by atoms with Gasteiger partial charge in [-0.1, -0.05) is 5.16 Å². The summed E-state index contributed by atoms with van der Waals surface area (Å²) in [6, 6.07) is 3.31. The fourth-order valence-electron chi connectivity index (χ4n) is 1.65. The van der Waals surface area contributed by atoms with E-state index >= 15 is 0 Å². The van der Waals surface area contributed by atoms with Gasteiger partial charge in [0, 0.05) is 10.9 Å². The standard InChI is InChI=1S/C14H13N5O7S.ClH/c15-14-16-7(5-27-14)11(13(24)25)19-26-4-10(22)17-18-12(23)6-1-2-8(20)9(21)3-6;/h1-3,5,20-21H,4H2,(H2,15,16)(H,17,22)(H,18,23)(H,24,25);1H/b19-11-;. The third kappa shape index (κ3) is 6.00. The van der Waals surface area contributed by atoms with Crippen molar-refractivity contribution in [3.05, 3.63) is 34.8 Å². The average Bonchev–Trinajstić information content (AvgIpc) is 3.04. The first-order valence-corrected chi connectivity index (χ1v) is 7.91. The molecule has 2 rings (SSSR count). The number of nitrogens with one attached hydrogen (secondary N) is 2. The molecule has 14 heteroatoms. The highest BCUT2D eigenvalue weighted by molar-refractivity contribution is 7.13. The van der Waals surface area contributed by atoms with Crippen molar-refractivity contribution in [1.29, 1.82) is 0 Å². The van der Waals surface area contributed by atoms with E-state index in [0.29, 0.717) is 0 Å². The van der Waals surface area contributed by atoms with Crippen LogP contribution in [-0.4, -0.2) is 50.4 Å². The summed E-state index contributed by atoms with van der Waals surface area (Å²) in [4.78, 5) is 42.9. The highest BCUT2D eigenvalue weighted by Crippen LogP contribution is 2.24. The SMILES string of the molecule is Cl.Nc1nc(/C(=N/OCC(=O)NNC(=O)c2ccc(O)c(O)c2)C(=O)O)cs1. The van der Waals surface area contributed by atoms with Crippen LogP contribution in [0.3, 0.4) is 0 Å². The average molecular weight is 432 g/mol. The minimum Gasteiger partial charge on any atom is -0.504 e. The molecule has 1 aromatic heterocycles. The number of amides is 2. The van der Waals surface area contributed by atoms with Gasteiger partial charge in [0.1, 0.15) is 5.69 Å². The minimum absolute atomic E-state index is 0. The van der Waals surface area contributed by atoms with E-state index in [0.717, 1.165) is 23.5 Å². The third-order valence-corrected chi connectivity index (χ3v) is 3.55. The van der Waals surface area contributed by atoms with Crippen molar-refractivity contribution in [1.82, 2.24) is 15.8 Å². The molecule has 2 aromatic rings. The maximum absolute atomic E-state index is 11.8. The summed E-state index contributed by atoms with van der Waals surface area (Å²) in [6.45, 7) is -0.697. The molecule has 0 fully saturated rings. The number of nitrogens with zero attached hydrogens (tertiary/aromatic N) is 2. The molecule has 28 heavy (non-hydrogen) atoms. The molecule has 0 aliphatic rings. The van der Waals surface area contributed by atoms with E-state index in [1.165, 1.54) is 11.4 Å². The number of thiazole rings is 1. The summed E-state index contributed by atoms with van der Waals surface area (Å²) < 4.78 is 0. The van der Waals surface area contributed by atoms with Crippen LogP contribution < -0.4 is 16.6 Å². The minimum atomic E-state index is -1.43. The van der Waals surface area contributed by atoms with Crippen LogP contribution in [0.2, 0.25) is 0 Å². The van der Waals surface area contributed by atoms with Gasteiger partial charge in [-0.15, -0.1) is 23.7 Å². The number of carboxylic acid groups (broad SMARTS) is 1. The number of hydrogen-bond acceptors (Lipinski definition) is 10. The molecular weight excluding hydrogens is 418 g/mol. The van der Waals surface area contributed by atoms with Gasteiger partial charge < -0.3 is 25.9 Å². The molecule has 0 unspecified atom stereocenters. The van der Waals surface area contributed by atoms with Crippen LogP contribution in [0, 0.1) is 0 Å². The van der Waals surface area contributed by atoms with Crippen LogP contribution in [0.25, 0.3) is 0 Å². The summed E-state index contributed by atoms with van der Waals surface area (Å²) in [5, 5.41) is 32.4. The molecule has 12 nitrogen and oxygen atoms in total. The Bertz CT molecular complexity index is 917. The lowest BCUT2D eigenvalue weighted by Gasteiger charge is -2.07. The number of aliphatic carboxylic acids is 1. The Morgan fingerprint density at radius 1 is 1.21 bits per heavy atom. The van der Waals surface area contributed by atoms with Gasteiger partial charge in [0.15, 0.2) is 23.2 Å². The summed E-state index contributed by atoms with van der Waals surface area (Å²) in [7, 11) is 0. The number of nitrogens with two attached hydrogens (primary N) is 1. The van der Waals surface area contributed by atoms with Crippen LogP contribution in [0.5, 0.6) is 11.5 Å². The third-order valence-electron chi connectivity index (χ3n) is 2.87. The smallest absolute Gasteiger partial charge is 0.360 e. The summed E-state index contributed by atoms with van der Waals surface area (Å²) >= 11 is 1.01. The largest absolute Gasteiger partial charge is 0.504 e. The van der Waals surface area contributed by atoms with Crippen molar-refractivity contribution < 1.29 is 34.5 Å².